The van der Waals surface area contributed by atoms with E-state index < -0.39 is 0 Å². The van der Waals surface area contributed by atoms with E-state index in [1.165, 1.54) is 7.05 Å². The number of rotatable bonds is 1. The average molecular weight is 191 g/mol. The van der Waals surface area contributed by atoms with Gasteiger partial charge in [-0.25, -0.2) is 0 Å². The summed E-state index contributed by atoms with van der Waals surface area (Å²) >= 11 is 0. The van der Waals surface area contributed by atoms with Crippen molar-refractivity contribution in [3.63, 3.8) is 0 Å². The zero-order valence-electron chi connectivity index (χ0n) is 6.44. The van der Waals surface area contributed by atoms with Gasteiger partial charge >= 0.3 is 0 Å². The van der Waals surface area contributed by atoms with E-state index in [-0.39, 0.29) is 29.6 Å². The van der Waals surface area contributed by atoms with E-state index in [0.717, 1.165) is 0 Å². The zero-order chi connectivity index (χ0) is 8.12. The molecule has 0 rings (SSSR count). The second kappa shape index (κ2) is 58.3. The predicted molar refractivity (Wildman–Crippen MR) is 43.5 cm³/mol. The Labute approximate surface area is 73.6 Å². The van der Waals surface area contributed by atoms with Crippen LogP contribution in [0.3, 0.4) is 0 Å². The van der Waals surface area contributed by atoms with Crippen molar-refractivity contribution >= 4 is 0 Å². The first kappa shape index (κ1) is 22.4. The van der Waals surface area contributed by atoms with Gasteiger partial charge < -0.3 is 22.9 Å². The SMILES string of the molecule is CC[NH-].C[NH-].[NH-]CC[NH-].[Ni]. The van der Waals surface area contributed by atoms with E-state index in [9.17, 15) is 0 Å². The smallest absolute Gasteiger partial charge is 0 e. The summed E-state index contributed by atoms with van der Waals surface area (Å²) in [5, 5.41) is 0. The Kier molecular flexibility index (Phi) is 131. The van der Waals surface area contributed by atoms with Crippen LogP contribution in [0.15, 0.2) is 0 Å². The molecule has 10 heavy (non-hydrogen) atoms. The first-order valence-corrected chi connectivity index (χ1v) is 2.77. The third kappa shape index (κ3) is 252. The molecule has 0 atom stereocenters. The summed E-state index contributed by atoms with van der Waals surface area (Å²) in [5.74, 6) is 0. The minimum absolute atomic E-state index is 0. The molecule has 0 aromatic rings. The maximum absolute atomic E-state index is 6.26. The molecule has 4 N–H and O–H groups in total. The van der Waals surface area contributed by atoms with Crippen LogP contribution in [0.5, 0.6) is 0 Å². The van der Waals surface area contributed by atoms with Gasteiger partial charge in [0.05, 0.1) is 0 Å². The summed E-state index contributed by atoms with van der Waals surface area (Å²) in [5.41, 5.74) is 24.5. The van der Waals surface area contributed by atoms with Gasteiger partial charge in [0.1, 0.15) is 0 Å². The van der Waals surface area contributed by atoms with Crippen molar-refractivity contribution in [2.45, 2.75) is 6.92 Å². The molecule has 0 unspecified atom stereocenters. The molecular formula is C5H16N4Ni-4. The summed E-state index contributed by atoms with van der Waals surface area (Å²) in [6.45, 7) is 2.76. The van der Waals surface area contributed by atoms with E-state index in [0.29, 0.717) is 6.54 Å². The fourth-order valence-electron chi connectivity index (χ4n) is 0. The third-order valence-corrected chi connectivity index (χ3v) is 0.125. The maximum Gasteiger partial charge on any atom is 0 e. The van der Waals surface area contributed by atoms with Gasteiger partial charge in [-0.3, -0.25) is 0 Å². The molecule has 5 heteroatoms. The summed E-state index contributed by atoms with van der Waals surface area (Å²) in [7, 11) is 1.25. The monoisotopic (exact) mass is 190 g/mol. The molecule has 4 nitrogen and oxygen atoms in total. The van der Waals surface area contributed by atoms with Gasteiger partial charge in [0.2, 0.25) is 0 Å². The number of hydrogen-bond acceptors (Lipinski definition) is 0. The van der Waals surface area contributed by atoms with Crippen LogP contribution in [0, 0.1) is 0 Å². The summed E-state index contributed by atoms with van der Waals surface area (Å²) in [6, 6.07) is 0. The van der Waals surface area contributed by atoms with Gasteiger partial charge in [-0.2, -0.15) is 26.7 Å². The molecule has 0 aliphatic heterocycles. The molecular weight excluding hydrogens is 175 g/mol. The van der Waals surface area contributed by atoms with Gasteiger partial charge in [0.15, 0.2) is 0 Å². The van der Waals surface area contributed by atoms with Crippen LogP contribution in [0.25, 0.3) is 22.9 Å². The molecule has 0 aliphatic rings. The van der Waals surface area contributed by atoms with Crippen LogP contribution >= 0.6 is 0 Å². The summed E-state index contributed by atoms with van der Waals surface area (Å²) in [6.07, 6.45) is 0. The van der Waals surface area contributed by atoms with E-state index in [1.54, 1.807) is 6.92 Å². The van der Waals surface area contributed by atoms with Crippen LogP contribution < -0.4 is 0 Å². The Morgan fingerprint density at radius 2 is 1.00 bits per heavy atom. The van der Waals surface area contributed by atoms with Crippen molar-refractivity contribution in [1.29, 1.82) is 0 Å². The molecule has 0 fully saturated rings. The standard InChI is InChI=1S/C2H6N2.C2H6N.CH4N.Ni/c3-1-2-4;1-2-3;1-2;/h3-4H,1-2H2;3H,2H2,1H3;2H,1H3;/q-2;2*-1;. The first-order chi connectivity index (χ1) is 4.33. The molecule has 0 aromatic carbocycles. The van der Waals surface area contributed by atoms with Crippen molar-refractivity contribution in [2.75, 3.05) is 26.7 Å². The van der Waals surface area contributed by atoms with Crippen LogP contribution in [0.2, 0.25) is 0 Å². The second-order valence-electron chi connectivity index (χ2n) is 0.854. The molecule has 0 radical (unpaired) electrons. The second-order valence-corrected chi connectivity index (χ2v) is 0.854. The zero-order valence-corrected chi connectivity index (χ0v) is 7.43. The topological polar surface area (TPSA) is 95.2 Å². The van der Waals surface area contributed by atoms with Gasteiger partial charge in [0.25, 0.3) is 0 Å². The van der Waals surface area contributed by atoms with Gasteiger partial charge in [-0.15, -0.1) is 0 Å². The molecule has 0 spiro atoms. The quantitative estimate of drug-likeness (QED) is 0.569. The third-order valence-electron chi connectivity index (χ3n) is 0.125. The Morgan fingerprint density at radius 3 is 1.00 bits per heavy atom. The Balaban J connectivity index is -0.0000000273. The predicted octanol–water partition coefficient (Wildman–Crippen LogP) is 2.82. The fraction of sp³-hybridized carbons (Fsp3) is 1.00. The van der Waals surface area contributed by atoms with Crippen LogP contribution in [0.1, 0.15) is 6.92 Å². The Morgan fingerprint density at radius 1 is 0.900 bits per heavy atom. The summed E-state index contributed by atoms with van der Waals surface area (Å²) in [4.78, 5) is 0. The van der Waals surface area contributed by atoms with Crippen LogP contribution in [0.4, 0.5) is 0 Å². The molecule has 0 heterocycles. The van der Waals surface area contributed by atoms with Gasteiger partial charge in [-0.05, 0) is 0 Å². The molecule has 0 aromatic heterocycles. The molecule has 0 amide bonds. The molecule has 0 bridgehead atoms. The van der Waals surface area contributed by atoms with E-state index in [2.05, 4.69) is 0 Å². The van der Waals surface area contributed by atoms with E-state index in [4.69, 9.17) is 22.9 Å². The molecule has 0 aliphatic carbocycles. The normalized spacial score (nSPS) is 5.40. The van der Waals surface area contributed by atoms with E-state index >= 15 is 0 Å². The minimum Gasteiger partial charge on any atom is -0.680 e. The van der Waals surface area contributed by atoms with Crippen molar-refractivity contribution in [2.24, 2.45) is 0 Å². The fourth-order valence-corrected chi connectivity index (χ4v) is 0. The molecule has 0 saturated heterocycles. The largest absolute Gasteiger partial charge is 0.680 e. The average Bonchev–Trinajstić information content (AvgIpc) is 1.94. The van der Waals surface area contributed by atoms with Gasteiger partial charge in [-0.1, -0.05) is 6.92 Å². The number of nitrogens with one attached hydrogen (secondary N) is 4. The van der Waals surface area contributed by atoms with Gasteiger partial charge in [0, 0.05) is 16.5 Å². The maximum atomic E-state index is 6.26. The number of hydrogen-bond donors (Lipinski definition) is 0. The van der Waals surface area contributed by atoms with Crippen molar-refractivity contribution < 1.29 is 16.5 Å². The Hall–Kier alpha value is 0.334. The summed E-state index contributed by atoms with van der Waals surface area (Å²) < 4.78 is 0. The Bertz CT molecular complexity index is 21.1. The van der Waals surface area contributed by atoms with Crippen molar-refractivity contribution in [3.8, 4) is 0 Å². The van der Waals surface area contributed by atoms with Crippen LogP contribution in [-0.2, 0) is 16.5 Å². The molecule has 70 valence electrons. The van der Waals surface area contributed by atoms with Crippen molar-refractivity contribution in [3.05, 3.63) is 22.9 Å². The van der Waals surface area contributed by atoms with Crippen molar-refractivity contribution in [1.82, 2.24) is 0 Å². The van der Waals surface area contributed by atoms with E-state index in [1.807, 2.05) is 0 Å². The minimum atomic E-state index is 0. The van der Waals surface area contributed by atoms with Crippen LogP contribution in [-0.4, -0.2) is 26.7 Å². The molecule has 0 saturated carbocycles. The first-order valence-electron chi connectivity index (χ1n) is 2.77.